The highest BCUT2D eigenvalue weighted by atomic mass is 19.1. The topological polar surface area (TPSA) is 49.4 Å². The summed E-state index contributed by atoms with van der Waals surface area (Å²) >= 11 is 0. The van der Waals surface area contributed by atoms with Crippen LogP contribution in [0.4, 0.5) is 10.1 Å². The lowest BCUT2D eigenvalue weighted by Gasteiger charge is -2.16. The smallest absolute Gasteiger partial charge is 0.246 e. The summed E-state index contributed by atoms with van der Waals surface area (Å²) in [5.74, 6) is -1.06. The number of halogens is 1. The zero-order valence-corrected chi connectivity index (χ0v) is 14.5. The Morgan fingerprint density at radius 2 is 1.84 bits per heavy atom. The summed E-state index contributed by atoms with van der Waals surface area (Å²) in [5.41, 5.74) is 3.12. The van der Waals surface area contributed by atoms with E-state index >= 15 is 0 Å². The molecule has 4 nitrogen and oxygen atoms in total. The van der Waals surface area contributed by atoms with Gasteiger partial charge in [0.15, 0.2) is 0 Å². The quantitative estimate of drug-likeness (QED) is 0.846. The zero-order chi connectivity index (χ0) is 18.4. The molecule has 1 N–H and O–H groups in total. The van der Waals surface area contributed by atoms with E-state index in [2.05, 4.69) is 5.32 Å². The molecule has 2 aromatic rings. The standard InChI is InChI=1S/C20H21FN2O2/c1-14-7-6-10-18(15(14)2)22-19(24)13-23(3)20(25)12-11-16-8-4-5-9-17(16)21/h4-12H,13H2,1-3H3,(H,22,24)/b12-11+. The molecule has 0 aromatic heterocycles. The van der Waals surface area contributed by atoms with Gasteiger partial charge < -0.3 is 10.2 Å². The van der Waals surface area contributed by atoms with Gasteiger partial charge in [0.2, 0.25) is 11.8 Å². The fraction of sp³-hybridized carbons (Fsp3) is 0.200. The highest BCUT2D eigenvalue weighted by molar-refractivity contribution is 5.98. The number of benzene rings is 2. The minimum atomic E-state index is -0.401. The van der Waals surface area contributed by atoms with Crippen molar-refractivity contribution in [1.82, 2.24) is 4.90 Å². The molecule has 5 heteroatoms. The monoisotopic (exact) mass is 340 g/mol. The largest absolute Gasteiger partial charge is 0.333 e. The maximum atomic E-state index is 13.5. The molecule has 0 fully saturated rings. The first-order valence-electron chi connectivity index (χ1n) is 7.92. The summed E-state index contributed by atoms with van der Waals surface area (Å²) in [7, 11) is 1.52. The van der Waals surface area contributed by atoms with Gasteiger partial charge in [-0.2, -0.15) is 0 Å². The van der Waals surface area contributed by atoms with Crippen molar-refractivity contribution in [2.75, 3.05) is 18.9 Å². The molecule has 0 aliphatic rings. The molecule has 0 aliphatic carbocycles. The number of nitrogens with zero attached hydrogens (tertiary/aromatic N) is 1. The minimum absolute atomic E-state index is 0.0895. The Bertz CT molecular complexity index is 815. The van der Waals surface area contributed by atoms with Crippen molar-refractivity contribution in [3.63, 3.8) is 0 Å². The molecule has 0 bridgehead atoms. The summed E-state index contributed by atoms with van der Waals surface area (Å²) in [5, 5.41) is 2.80. The van der Waals surface area contributed by atoms with Crippen LogP contribution in [0.25, 0.3) is 6.08 Å². The fourth-order valence-electron chi connectivity index (χ4n) is 2.27. The second-order valence-electron chi connectivity index (χ2n) is 5.84. The van der Waals surface area contributed by atoms with E-state index in [9.17, 15) is 14.0 Å². The van der Waals surface area contributed by atoms with E-state index < -0.39 is 5.82 Å². The van der Waals surface area contributed by atoms with Crippen molar-refractivity contribution in [3.8, 4) is 0 Å². The normalized spacial score (nSPS) is 10.7. The summed E-state index contributed by atoms with van der Waals surface area (Å²) < 4.78 is 13.5. The van der Waals surface area contributed by atoms with Crippen LogP contribution in [-0.2, 0) is 9.59 Å². The molecule has 0 spiro atoms. The molecule has 2 aromatic carbocycles. The van der Waals surface area contributed by atoms with Gasteiger partial charge in [0.05, 0.1) is 6.54 Å². The molecule has 130 valence electrons. The highest BCUT2D eigenvalue weighted by Crippen LogP contribution is 2.17. The fourth-order valence-corrected chi connectivity index (χ4v) is 2.27. The predicted molar refractivity (Wildman–Crippen MR) is 97.6 cm³/mol. The van der Waals surface area contributed by atoms with Crippen LogP contribution in [0.1, 0.15) is 16.7 Å². The first-order valence-corrected chi connectivity index (χ1v) is 7.92. The second-order valence-corrected chi connectivity index (χ2v) is 5.84. The summed E-state index contributed by atoms with van der Waals surface area (Å²) in [6.45, 7) is 3.80. The van der Waals surface area contributed by atoms with Crippen molar-refractivity contribution in [3.05, 3.63) is 71.0 Å². The van der Waals surface area contributed by atoms with Crippen molar-refractivity contribution in [2.24, 2.45) is 0 Å². The second kappa shape index (κ2) is 8.24. The Hall–Kier alpha value is -2.95. The molecule has 0 saturated carbocycles. The number of anilines is 1. The number of hydrogen-bond acceptors (Lipinski definition) is 2. The molecule has 0 radical (unpaired) electrons. The predicted octanol–water partition coefficient (Wildman–Crippen LogP) is 3.55. The Morgan fingerprint density at radius 1 is 1.12 bits per heavy atom. The van der Waals surface area contributed by atoms with Crippen molar-refractivity contribution >= 4 is 23.6 Å². The molecule has 0 atom stereocenters. The van der Waals surface area contributed by atoms with Crippen LogP contribution in [0.15, 0.2) is 48.5 Å². The lowest BCUT2D eigenvalue weighted by Crippen LogP contribution is -2.34. The van der Waals surface area contributed by atoms with Gasteiger partial charge in [0.25, 0.3) is 0 Å². The van der Waals surface area contributed by atoms with Crippen molar-refractivity contribution in [1.29, 1.82) is 0 Å². The van der Waals surface area contributed by atoms with E-state index in [1.165, 1.54) is 30.2 Å². The van der Waals surface area contributed by atoms with Gasteiger partial charge in [0.1, 0.15) is 5.82 Å². The number of rotatable bonds is 5. The van der Waals surface area contributed by atoms with Crippen molar-refractivity contribution in [2.45, 2.75) is 13.8 Å². The molecule has 2 rings (SSSR count). The van der Waals surface area contributed by atoms with Gasteiger partial charge in [-0.1, -0.05) is 30.3 Å². The maximum Gasteiger partial charge on any atom is 0.246 e. The first kappa shape index (κ1) is 18.4. The third kappa shape index (κ3) is 5.01. The third-order valence-corrected chi connectivity index (χ3v) is 3.95. The Kier molecular flexibility index (Phi) is 6.06. The van der Waals surface area contributed by atoms with Gasteiger partial charge in [0, 0.05) is 24.4 Å². The zero-order valence-electron chi connectivity index (χ0n) is 14.5. The van der Waals surface area contributed by atoms with Crippen LogP contribution in [0.2, 0.25) is 0 Å². The summed E-state index contributed by atoms with van der Waals surface area (Å²) in [4.78, 5) is 25.5. The number of hydrogen-bond donors (Lipinski definition) is 1. The van der Waals surface area contributed by atoms with E-state index in [-0.39, 0.29) is 18.4 Å². The van der Waals surface area contributed by atoms with E-state index in [0.717, 1.165) is 16.8 Å². The SMILES string of the molecule is Cc1cccc(NC(=O)CN(C)C(=O)/C=C/c2ccccc2F)c1C. The van der Waals surface area contributed by atoms with Gasteiger partial charge in [-0.25, -0.2) is 4.39 Å². The van der Waals surface area contributed by atoms with Crippen LogP contribution in [0, 0.1) is 19.7 Å². The highest BCUT2D eigenvalue weighted by Gasteiger charge is 2.12. The summed E-state index contributed by atoms with van der Waals surface area (Å²) in [6.07, 6.45) is 2.65. The molecule has 2 amide bonds. The Balaban J connectivity index is 1.95. The van der Waals surface area contributed by atoms with Crippen LogP contribution in [0.5, 0.6) is 0 Å². The Morgan fingerprint density at radius 3 is 2.56 bits per heavy atom. The van der Waals surface area contributed by atoms with Crippen LogP contribution < -0.4 is 5.32 Å². The number of nitrogens with one attached hydrogen (secondary N) is 1. The molecule has 0 unspecified atom stereocenters. The van der Waals surface area contributed by atoms with Gasteiger partial charge in [-0.3, -0.25) is 9.59 Å². The van der Waals surface area contributed by atoms with Crippen LogP contribution >= 0.6 is 0 Å². The van der Waals surface area contributed by atoms with E-state index in [4.69, 9.17) is 0 Å². The average molecular weight is 340 g/mol. The van der Waals surface area contributed by atoms with E-state index in [0.29, 0.717) is 5.56 Å². The van der Waals surface area contributed by atoms with E-state index in [1.807, 2.05) is 32.0 Å². The van der Waals surface area contributed by atoms with Crippen LogP contribution in [0.3, 0.4) is 0 Å². The number of aryl methyl sites for hydroxylation is 1. The van der Waals surface area contributed by atoms with Gasteiger partial charge >= 0.3 is 0 Å². The molecular weight excluding hydrogens is 319 g/mol. The van der Waals surface area contributed by atoms with Crippen molar-refractivity contribution < 1.29 is 14.0 Å². The number of carbonyl (C=O) groups is 2. The lowest BCUT2D eigenvalue weighted by molar-refractivity contribution is -0.129. The Labute approximate surface area is 147 Å². The number of amides is 2. The molecule has 0 saturated heterocycles. The molecule has 25 heavy (non-hydrogen) atoms. The minimum Gasteiger partial charge on any atom is -0.333 e. The molecular formula is C20H21FN2O2. The molecule has 0 heterocycles. The van der Waals surface area contributed by atoms with Gasteiger partial charge in [-0.15, -0.1) is 0 Å². The number of carbonyl (C=O) groups excluding carboxylic acids is 2. The first-order chi connectivity index (χ1) is 11.9. The maximum absolute atomic E-state index is 13.5. The molecule has 0 aliphatic heterocycles. The average Bonchev–Trinajstić information content (AvgIpc) is 2.58. The summed E-state index contributed by atoms with van der Waals surface area (Å²) in [6, 6.07) is 11.8. The van der Waals surface area contributed by atoms with Crippen LogP contribution in [-0.4, -0.2) is 30.3 Å². The van der Waals surface area contributed by atoms with E-state index in [1.54, 1.807) is 18.2 Å². The lowest BCUT2D eigenvalue weighted by atomic mass is 10.1. The third-order valence-electron chi connectivity index (χ3n) is 3.95. The number of likely N-dealkylation sites (N-methyl/N-ethyl adjacent to an activating group) is 1. The van der Waals surface area contributed by atoms with Gasteiger partial charge in [-0.05, 0) is 43.2 Å².